The third-order valence-corrected chi connectivity index (χ3v) is 6.10. The van der Waals surface area contributed by atoms with Gasteiger partial charge in [0.25, 0.3) is 5.56 Å². The molecule has 0 unspecified atom stereocenters. The number of nitrogens with one attached hydrogen (secondary N) is 1. The summed E-state index contributed by atoms with van der Waals surface area (Å²) in [5.41, 5.74) is 2.89. The number of piperazine rings is 1. The number of nitrogens with zero attached hydrogens (tertiary/aromatic N) is 4. The highest BCUT2D eigenvalue weighted by Crippen LogP contribution is 2.15. The molecule has 0 aliphatic carbocycles. The van der Waals surface area contributed by atoms with Gasteiger partial charge < -0.3 is 10.2 Å². The Kier molecular flexibility index (Phi) is 7.17. The third-order valence-electron chi connectivity index (χ3n) is 6.10. The van der Waals surface area contributed by atoms with Gasteiger partial charge in [-0.25, -0.2) is 4.98 Å². The Labute approximate surface area is 188 Å². The van der Waals surface area contributed by atoms with E-state index in [0.717, 1.165) is 50.2 Å². The van der Waals surface area contributed by atoms with Crippen molar-refractivity contribution in [3.8, 4) is 0 Å². The molecule has 1 amide bonds. The molecule has 0 spiro atoms. The van der Waals surface area contributed by atoms with Gasteiger partial charge in [-0.1, -0.05) is 30.3 Å². The summed E-state index contributed by atoms with van der Waals surface area (Å²) in [4.78, 5) is 34.1. The lowest BCUT2D eigenvalue weighted by molar-refractivity contribution is -0.121. The van der Waals surface area contributed by atoms with Crippen molar-refractivity contribution in [1.82, 2.24) is 19.8 Å². The summed E-state index contributed by atoms with van der Waals surface area (Å²) >= 11 is 0. The number of aryl methyl sites for hydroxylation is 2. The van der Waals surface area contributed by atoms with E-state index in [9.17, 15) is 9.59 Å². The van der Waals surface area contributed by atoms with Crippen molar-refractivity contribution in [2.24, 2.45) is 0 Å². The molecule has 1 N–H and O–H groups in total. The van der Waals surface area contributed by atoms with Gasteiger partial charge in [-0.3, -0.25) is 19.1 Å². The highest BCUT2D eigenvalue weighted by Gasteiger charge is 2.16. The first-order valence-electron chi connectivity index (χ1n) is 11.4. The van der Waals surface area contributed by atoms with Crippen LogP contribution < -0.4 is 15.8 Å². The van der Waals surface area contributed by atoms with Crippen LogP contribution in [0.5, 0.6) is 0 Å². The van der Waals surface area contributed by atoms with Gasteiger partial charge in [0.2, 0.25) is 5.91 Å². The van der Waals surface area contributed by atoms with E-state index in [2.05, 4.69) is 44.4 Å². The van der Waals surface area contributed by atoms with Gasteiger partial charge in [-0.2, -0.15) is 0 Å². The minimum Gasteiger partial charge on any atom is -0.369 e. The smallest absolute Gasteiger partial charge is 0.261 e. The van der Waals surface area contributed by atoms with Crippen molar-refractivity contribution >= 4 is 22.5 Å². The summed E-state index contributed by atoms with van der Waals surface area (Å²) in [5.74, 6) is -0.0323. The number of aromatic nitrogens is 2. The number of amides is 1. The van der Waals surface area contributed by atoms with Gasteiger partial charge in [0.05, 0.1) is 17.2 Å². The topological polar surface area (TPSA) is 70.5 Å². The van der Waals surface area contributed by atoms with E-state index in [1.165, 1.54) is 10.3 Å². The molecule has 0 bridgehead atoms. The fourth-order valence-corrected chi connectivity index (χ4v) is 4.21. The summed E-state index contributed by atoms with van der Waals surface area (Å²) in [6.45, 7) is 8.06. The van der Waals surface area contributed by atoms with Gasteiger partial charge >= 0.3 is 0 Å². The Bertz CT molecular complexity index is 1100. The van der Waals surface area contributed by atoms with Crippen LogP contribution in [0.15, 0.2) is 59.7 Å². The molecular formula is C25H31N5O2. The predicted octanol–water partition coefficient (Wildman–Crippen LogP) is 2.42. The van der Waals surface area contributed by atoms with Crippen LogP contribution in [-0.2, 0) is 11.3 Å². The molecule has 0 saturated carbocycles. The molecule has 2 aromatic carbocycles. The lowest BCUT2D eigenvalue weighted by Gasteiger charge is -2.36. The Morgan fingerprint density at radius 3 is 2.56 bits per heavy atom. The van der Waals surface area contributed by atoms with E-state index in [0.29, 0.717) is 18.5 Å². The van der Waals surface area contributed by atoms with Crippen LogP contribution in [0.1, 0.15) is 18.4 Å². The van der Waals surface area contributed by atoms with Crippen molar-refractivity contribution in [3.05, 3.63) is 70.8 Å². The molecule has 0 atom stereocenters. The number of anilines is 1. The number of benzene rings is 2. The SMILES string of the molecule is Cc1cccc2c(=O)n(CCC(=O)NCCCN3CCN(c4ccccc4)CC3)cnc12. The number of rotatable bonds is 8. The maximum Gasteiger partial charge on any atom is 0.261 e. The van der Waals surface area contributed by atoms with Gasteiger partial charge in [0.15, 0.2) is 0 Å². The summed E-state index contributed by atoms with van der Waals surface area (Å²) < 4.78 is 1.52. The normalized spacial score (nSPS) is 14.6. The number of carbonyl (C=O) groups is 1. The van der Waals surface area contributed by atoms with Crippen LogP contribution in [0.4, 0.5) is 5.69 Å². The molecule has 1 saturated heterocycles. The van der Waals surface area contributed by atoms with Gasteiger partial charge in [-0.05, 0) is 43.7 Å². The molecule has 4 rings (SSSR count). The average Bonchev–Trinajstić information content (AvgIpc) is 2.83. The van der Waals surface area contributed by atoms with Crippen molar-refractivity contribution in [2.75, 3.05) is 44.2 Å². The Balaban J connectivity index is 1.15. The number of hydrogen-bond donors (Lipinski definition) is 1. The lowest BCUT2D eigenvalue weighted by Crippen LogP contribution is -2.47. The molecule has 0 radical (unpaired) electrons. The minimum absolute atomic E-state index is 0.0323. The van der Waals surface area contributed by atoms with Crippen molar-refractivity contribution in [1.29, 1.82) is 0 Å². The maximum absolute atomic E-state index is 12.6. The summed E-state index contributed by atoms with van der Waals surface area (Å²) in [6, 6.07) is 16.1. The number of fused-ring (bicyclic) bond motifs is 1. The molecule has 1 aromatic heterocycles. The number of carbonyl (C=O) groups excluding carboxylic acids is 1. The molecule has 7 heteroatoms. The molecule has 7 nitrogen and oxygen atoms in total. The Hall–Kier alpha value is -3.19. The first kappa shape index (κ1) is 22.0. The molecule has 168 valence electrons. The fourth-order valence-electron chi connectivity index (χ4n) is 4.21. The van der Waals surface area contributed by atoms with Crippen molar-refractivity contribution in [2.45, 2.75) is 26.3 Å². The third kappa shape index (κ3) is 5.34. The monoisotopic (exact) mass is 433 g/mol. The minimum atomic E-state index is -0.0962. The van der Waals surface area contributed by atoms with Crippen LogP contribution in [0.3, 0.4) is 0 Å². The summed E-state index contributed by atoms with van der Waals surface area (Å²) in [7, 11) is 0. The first-order chi connectivity index (χ1) is 15.6. The molecule has 1 fully saturated rings. The van der Waals surface area contributed by atoms with Crippen molar-refractivity contribution in [3.63, 3.8) is 0 Å². The van der Waals surface area contributed by atoms with Crippen molar-refractivity contribution < 1.29 is 4.79 Å². The van der Waals surface area contributed by atoms with Gasteiger partial charge in [-0.15, -0.1) is 0 Å². The quantitative estimate of drug-likeness (QED) is 0.553. The zero-order valence-corrected chi connectivity index (χ0v) is 18.7. The van der Waals surface area contributed by atoms with E-state index < -0.39 is 0 Å². The van der Waals surface area contributed by atoms with E-state index >= 15 is 0 Å². The first-order valence-corrected chi connectivity index (χ1v) is 11.4. The zero-order valence-electron chi connectivity index (χ0n) is 18.7. The van der Waals surface area contributed by atoms with Gasteiger partial charge in [0, 0.05) is 51.4 Å². The van der Waals surface area contributed by atoms with Crippen LogP contribution in [0.25, 0.3) is 10.9 Å². The molecule has 1 aliphatic rings. The van der Waals surface area contributed by atoms with Gasteiger partial charge in [0.1, 0.15) is 0 Å². The van der Waals surface area contributed by atoms with Crippen LogP contribution in [-0.4, -0.2) is 59.6 Å². The highest BCUT2D eigenvalue weighted by atomic mass is 16.1. The van der Waals surface area contributed by atoms with Crippen LogP contribution in [0.2, 0.25) is 0 Å². The molecule has 1 aliphatic heterocycles. The second kappa shape index (κ2) is 10.4. The molecule has 32 heavy (non-hydrogen) atoms. The second-order valence-electron chi connectivity index (χ2n) is 8.33. The highest BCUT2D eigenvalue weighted by molar-refractivity contribution is 5.80. The maximum atomic E-state index is 12.6. The Morgan fingerprint density at radius 2 is 1.78 bits per heavy atom. The fraction of sp³-hybridized carbons (Fsp3) is 0.400. The van der Waals surface area contributed by atoms with Crippen LogP contribution >= 0.6 is 0 Å². The standard InChI is InChI=1S/C25H31N5O2/c1-20-7-5-10-22-24(20)27-19-30(25(22)32)14-11-23(31)26-12-6-13-28-15-17-29(18-16-28)21-8-3-2-4-9-21/h2-5,7-10,19H,6,11-18H2,1H3,(H,26,31). The summed E-state index contributed by atoms with van der Waals surface area (Å²) in [6.07, 6.45) is 2.74. The van der Waals surface area contributed by atoms with E-state index in [-0.39, 0.29) is 17.9 Å². The lowest BCUT2D eigenvalue weighted by atomic mass is 10.1. The average molecular weight is 434 g/mol. The van der Waals surface area contributed by atoms with E-state index in [1.54, 1.807) is 12.4 Å². The number of para-hydroxylation sites is 2. The Morgan fingerprint density at radius 1 is 1.00 bits per heavy atom. The van der Waals surface area contributed by atoms with E-state index in [4.69, 9.17) is 0 Å². The van der Waals surface area contributed by atoms with E-state index in [1.807, 2.05) is 25.1 Å². The molecular weight excluding hydrogens is 402 g/mol. The molecule has 3 aromatic rings. The second-order valence-corrected chi connectivity index (χ2v) is 8.33. The molecule has 2 heterocycles. The summed E-state index contributed by atoms with van der Waals surface area (Å²) in [5, 5.41) is 3.58. The largest absolute Gasteiger partial charge is 0.369 e. The van der Waals surface area contributed by atoms with Crippen LogP contribution in [0, 0.1) is 6.92 Å². The number of hydrogen-bond acceptors (Lipinski definition) is 5. The predicted molar refractivity (Wildman–Crippen MR) is 128 cm³/mol. The zero-order chi connectivity index (χ0) is 22.3.